The fourth-order valence-corrected chi connectivity index (χ4v) is 2.69. The highest BCUT2D eigenvalue weighted by atomic mass is 16.5. The smallest absolute Gasteiger partial charge is 0.220 e. The third kappa shape index (κ3) is 4.58. The van der Waals surface area contributed by atoms with Crippen LogP contribution in [0.15, 0.2) is 24.3 Å². The van der Waals surface area contributed by atoms with Crippen LogP contribution in [0.25, 0.3) is 0 Å². The van der Waals surface area contributed by atoms with Crippen molar-refractivity contribution in [3.05, 3.63) is 29.8 Å². The topological polar surface area (TPSA) is 38.3 Å². The van der Waals surface area contributed by atoms with Gasteiger partial charge in [-0.05, 0) is 42.9 Å². The second-order valence-electron chi connectivity index (χ2n) is 5.30. The molecular weight excluding hydrogens is 238 g/mol. The second kappa shape index (κ2) is 7.17. The molecule has 0 aromatic heterocycles. The molecule has 0 heterocycles. The van der Waals surface area contributed by atoms with Gasteiger partial charge in [-0.1, -0.05) is 25.0 Å². The number of rotatable bonds is 6. The van der Waals surface area contributed by atoms with E-state index in [2.05, 4.69) is 5.32 Å². The SMILES string of the molecule is COc1ccc(CCNC(=O)CC2CCCC2)cc1. The third-order valence-corrected chi connectivity index (χ3v) is 3.84. The number of carbonyl (C=O) groups is 1. The van der Waals surface area contributed by atoms with Crippen LogP contribution in [0, 0.1) is 5.92 Å². The van der Waals surface area contributed by atoms with Gasteiger partial charge in [-0.2, -0.15) is 0 Å². The van der Waals surface area contributed by atoms with Crippen LogP contribution in [0.5, 0.6) is 5.75 Å². The van der Waals surface area contributed by atoms with Crippen molar-refractivity contribution >= 4 is 5.91 Å². The van der Waals surface area contributed by atoms with E-state index in [1.165, 1.54) is 31.2 Å². The van der Waals surface area contributed by atoms with Gasteiger partial charge in [0.1, 0.15) is 5.75 Å². The molecule has 0 unspecified atom stereocenters. The van der Waals surface area contributed by atoms with Crippen LogP contribution in [0.4, 0.5) is 0 Å². The Labute approximate surface area is 115 Å². The maximum absolute atomic E-state index is 11.8. The van der Waals surface area contributed by atoms with E-state index in [0.717, 1.165) is 18.7 Å². The largest absolute Gasteiger partial charge is 0.497 e. The molecule has 1 saturated carbocycles. The Balaban J connectivity index is 1.65. The van der Waals surface area contributed by atoms with Crippen molar-refractivity contribution in [2.45, 2.75) is 38.5 Å². The maximum atomic E-state index is 11.8. The molecule has 1 aliphatic carbocycles. The summed E-state index contributed by atoms with van der Waals surface area (Å²) in [5, 5.41) is 3.02. The van der Waals surface area contributed by atoms with Crippen molar-refractivity contribution in [3.63, 3.8) is 0 Å². The van der Waals surface area contributed by atoms with E-state index in [0.29, 0.717) is 12.3 Å². The van der Waals surface area contributed by atoms with Crippen LogP contribution in [-0.2, 0) is 11.2 Å². The first-order valence-electron chi connectivity index (χ1n) is 7.17. The van der Waals surface area contributed by atoms with Gasteiger partial charge in [-0.25, -0.2) is 0 Å². The normalized spacial score (nSPS) is 15.4. The Kier molecular flexibility index (Phi) is 5.25. The van der Waals surface area contributed by atoms with Gasteiger partial charge in [-0.15, -0.1) is 0 Å². The molecule has 1 aromatic rings. The van der Waals surface area contributed by atoms with Crippen LogP contribution in [0.3, 0.4) is 0 Å². The molecule has 3 heteroatoms. The Morgan fingerprint density at radius 1 is 1.26 bits per heavy atom. The van der Waals surface area contributed by atoms with Gasteiger partial charge in [0.2, 0.25) is 5.91 Å². The first-order chi connectivity index (χ1) is 9.28. The van der Waals surface area contributed by atoms with E-state index in [4.69, 9.17) is 4.74 Å². The minimum atomic E-state index is 0.209. The van der Waals surface area contributed by atoms with Gasteiger partial charge in [0.25, 0.3) is 0 Å². The molecule has 0 spiro atoms. The molecule has 0 bridgehead atoms. The molecule has 1 N–H and O–H groups in total. The number of hydrogen-bond acceptors (Lipinski definition) is 2. The summed E-state index contributed by atoms with van der Waals surface area (Å²) in [6.45, 7) is 0.720. The maximum Gasteiger partial charge on any atom is 0.220 e. The zero-order chi connectivity index (χ0) is 13.5. The van der Waals surface area contributed by atoms with E-state index < -0.39 is 0 Å². The van der Waals surface area contributed by atoms with Crippen LogP contribution in [-0.4, -0.2) is 19.6 Å². The van der Waals surface area contributed by atoms with Gasteiger partial charge in [0.15, 0.2) is 0 Å². The predicted molar refractivity (Wildman–Crippen MR) is 76.3 cm³/mol. The Morgan fingerprint density at radius 3 is 2.58 bits per heavy atom. The summed E-state index contributed by atoms with van der Waals surface area (Å²) in [6, 6.07) is 8.00. The van der Waals surface area contributed by atoms with Gasteiger partial charge in [0.05, 0.1) is 7.11 Å². The molecule has 0 atom stereocenters. The summed E-state index contributed by atoms with van der Waals surface area (Å²) in [4.78, 5) is 11.8. The molecule has 0 aliphatic heterocycles. The van der Waals surface area contributed by atoms with Crippen LogP contribution in [0.1, 0.15) is 37.7 Å². The van der Waals surface area contributed by atoms with Crippen molar-refractivity contribution in [3.8, 4) is 5.75 Å². The summed E-state index contributed by atoms with van der Waals surface area (Å²) in [6.07, 6.45) is 6.63. The average molecular weight is 261 g/mol. The summed E-state index contributed by atoms with van der Waals surface area (Å²) in [5.74, 6) is 1.70. The second-order valence-corrected chi connectivity index (χ2v) is 5.30. The number of methoxy groups -OCH3 is 1. The first kappa shape index (κ1) is 13.9. The number of benzene rings is 1. The lowest BCUT2D eigenvalue weighted by molar-refractivity contribution is -0.121. The Morgan fingerprint density at radius 2 is 1.95 bits per heavy atom. The minimum Gasteiger partial charge on any atom is -0.497 e. The molecule has 1 amide bonds. The molecule has 0 radical (unpaired) electrons. The fourth-order valence-electron chi connectivity index (χ4n) is 2.69. The Bertz CT molecular complexity index is 394. The van der Waals surface area contributed by atoms with Crippen LogP contribution >= 0.6 is 0 Å². The Hall–Kier alpha value is -1.51. The van der Waals surface area contributed by atoms with Gasteiger partial charge in [0, 0.05) is 13.0 Å². The molecule has 104 valence electrons. The lowest BCUT2D eigenvalue weighted by Gasteiger charge is -2.09. The quantitative estimate of drug-likeness (QED) is 0.855. The minimum absolute atomic E-state index is 0.209. The zero-order valence-corrected chi connectivity index (χ0v) is 11.7. The number of amides is 1. The summed E-state index contributed by atoms with van der Waals surface area (Å²) < 4.78 is 5.12. The van der Waals surface area contributed by atoms with Crippen LogP contribution < -0.4 is 10.1 Å². The number of carbonyl (C=O) groups excluding carboxylic acids is 1. The van der Waals surface area contributed by atoms with Crippen LogP contribution in [0.2, 0.25) is 0 Å². The summed E-state index contributed by atoms with van der Waals surface area (Å²) in [5.41, 5.74) is 1.22. The predicted octanol–water partition coefficient (Wildman–Crippen LogP) is 2.93. The summed E-state index contributed by atoms with van der Waals surface area (Å²) in [7, 11) is 1.66. The van der Waals surface area contributed by atoms with Gasteiger partial charge >= 0.3 is 0 Å². The van der Waals surface area contributed by atoms with E-state index in [1.54, 1.807) is 7.11 Å². The van der Waals surface area contributed by atoms with E-state index in [-0.39, 0.29) is 5.91 Å². The number of ether oxygens (including phenoxy) is 1. The molecular formula is C16H23NO2. The highest BCUT2D eigenvalue weighted by Gasteiger charge is 2.17. The zero-order valence-electron chi connectivity index (χ0n) is 11.7. The van der Waals surface area contributed by atoms with E-state index in [1.807, 2.05) is 24.3 Å². The first-order valence-corrected chi connectivity index (χ1v) is 7.17. The monoisotopic (exact) mass is 261 g/mol. The number of hydrogen-bond donors (Lipinski definition) is 1. The van der Waals surface area contributed by atoms with Crippen molar-refractivity contribution < 1.29 is 9.53 Å². The third-order valence-electron chi connectivity index (χ3n) is 3.84. The molecule has 19 heavy (non-hydrogen) atoms. The van der Waals surface area contributed by atoms with E-state index in [9.17, 15) is 4.79 Å². The molecule has 0 saturated heterocycles. The van der Waals surface area contributed by atoms with Crippen molar-refractivity contribution in [1.82, 2.24) is 5.32 Å². The van der Waals surface area contributed by atoms with Gasteiger partial charge < -0.3 is 10.1 Å². The number of nitrogens with one attached hydrogen (secondary N) is 1. The van der Waals surface area contributed by atoms with E-state index >= 15 is 0 Å². The molecule has 1 fully saturated rings. The van der Waals surface area contributed by atoms with Crippen molar-refractivity contribution in [2.75, 3.05) is 13.7 Å². The van der Waals surface area contributed by atoms with Gasteiger partial charge in [-0.3, -0.25) is 4.79 Å². The fraction of sp³-hybridized carbons (Fsp3) is 0.562. The average Bonchev–Trinajstić information content (AvgIpc) is 2.92. The summed E-state index contributed by atoms with van der Waals surface area (Å²) >= 11 is 0. The van der Waals surface area contributed by atoms with Crippen molar-refractivity contribution in [2.24, 2.45) is 5.92 Å². The molecule has 2 rings (SSSR count). The van der Waals surface area contributed by atoms with Crippen molar-refractivity contribution in [1.29, 1.82) is 0 Å². The molecule has 1 aromatic carbocycles. The highest BCUT2D eigenvalue weighted by Crippen LogP contribution is 2.27. The molecule has 1 aliphatic rings. The standard InChI is InChI=1S/C16H23NO2/c1-19-15-8-6-13(7-9-15)10-11-17-16(18)12-14-4-2-3-5-14/h6-9,14H,2-5,10-12H2,1H3,(H,17,18). The lowest BCUT2D eigenvalue weighted by atomic mass is 10.0. The lowest BCUT2D eigenvalue weighted by Crippen LogP contribution is -2.27. The molecule has 3 nitrogen and oxygen atoms in total. The highest BCUT2D eigenvalue weighted by molar-refractivity contribution is 5.76.